The Morgan fingerprint density at radius 2 is 1.66 bits per heavy atom. The molecule has 3 rings (SSSR count). The normalized spacial score (nSPS) is 12.3. The lowest BCUT2D eigenvalue weighted by Gasteiger charge is -2.19. The Bertz CT molecular complexity index is 992. The summed E-state index contributed by atoms with van der Waals surface area (Å²) in [6, 6.07) is 16.2. The molecule has 1 atom stereocenters. The molecule has 2 amide bonds. The van der Waals surface area contributed by atoms with Crippen LogP contribution >= 0.6 is 11.5 Å². The first-order chi connectivity index (χ1) is 13.7. The number of carbonyl (C=O) groups excluding carboxylic acids is 2. The van der Waals surface area contributed by atoms with Crippen molar-refractivity contribution in [2.75, 3.05) is 5.32 Å². The topological polar surface area (TPSA) is 84.0 Å². The zero-order chi connectivity index (χ0) is 21.0. The minimum atomic E-state index is -0.714. The monoisotopic (exact) mass is 408 g/mol. The predicted octanol–water partition coefficient (Wildman–Crippen LogP) is 4.26. The predicted molar refractivity (Wildman–Crippen MR) is 116 cm³/mol. The van der Waals surface area contributed by atoms with Gasteiger partial charge in [-0.2, -0.15) is 9.36 Å². The third-order valence-corrected chi connectivity index (χ3v) is 5.07. The van der Waals surface area contributed by atoms with E-state index in [1.807, 2.05) is 42.5 Å². The molecule has 7 heteroatoms. The number of hydrogen-bond acceptors (Lipinski definition) is 5. The average molecular weight is 409 g/mol. The van der Waals surface area contributed by atoms with Gasteiger partial charge in [-0.3, -0.25) is 14.9 Å². The third kappa shape index (κ3) is 5.26. The molecule has 0 saturated carbocycles. The van der Waals surface area contributed by atoms with Gasteiger partial charge in [0, 0.05) is 22.7 Å². The maximum Gasteiger partial charge on any atom is 0.251 e. The molecule has 29 heavy (non-hydrogen) atoms. The van der Waals surface area contributed by atoms with Crippen molar-refractivity contribution in [1.29, 1.82) is 0 Å². The molecule has 0 radical (unpaired) electrons. The first-order valence-corrected chi connectivity index (χ1v) is 10.1. The molecule has 0 aliphatic heterocycles. The number of carbonyl (C=O) groups is 2. The SMILES string of the molecule is CC(NC(=O)c1ccc(C(C)(C)C)cc1)C(=O)Nc1nc(-c2ccccc2)ns1. The number of nitrogens with zero attached hydrogens (tertiary/aromatic N) is 2. The fourth-order valence-corrected chi connectivity index (χ4v) is 3.25. The van der Waals surface area contributed by atoms with E-state index in [1.165, 1.54) is 0 Å². The Balaban J connectivity index is 1.59. The van der Waals surface area contributed by atoms with E-state index in [4.69, 9.17) is 0 Å². The average Bonchev–Trinajstić information content (AvgIpc) is 3.16. The highest BCUT2D eigenvalue weighted by Crippen LogP contribution is 2.22. The summed E-state index contributed by atoms with van der Waals surface area (Å²) in [6.45, 7) is 7.98. The van der Waals surface area contributed by atoms with Gasteiger partial charge in [-0.15, -0.1) is 0 Å². The molecule has 150 valence electrons. The minimum absolute atomic E-state index is 0.0164. The van der Waals surface area contributed by atoms with Crippen molar-refractivity contribution in [2.45, 2.75) is 39.2 Å². The van der Waals surface area contributed by atoms with E-state index in [9.17, 15) is 9.59 Å². The smallest absolute Gasteiger partial charge is 0.251 e. The van der Waals surface area contributed by atoms with Crippen molar-refractivity contribution < 1.29 is 9.59 Å². The van der Waals surface area contributed by atoms with Crippen LogP contribution < -0.4 is 10.6 Å². The number of hydrogen-bond donors (Lipinski definition) is 2. The highest BCUT2D eigenvalue weighted by atomic mass is 32.1. The summed E-state index contributed by atoms with van der Waals surface area (Å²) in [7, 11) is 0. The number of benzene rings is 2. The minimum Gasteiger partial charge on any atom is -0.341 e. The summed E-state index contributed by atoms with van der Waals surface area (Å²) in [4.78, 5) is 29.2. The maximum atomic E-state index is 12.4. The lowest BCUT2D eigenvalue weighted by atomic mass is 9.86. The van der Waals surface area contributed by atoms with Crippen molar-refractivity contribution >= 4 is 28.5 Å². The summed E-state index contributed by atoms with van der Waals surface area (Å²) >= 11 is 1.10. The van der Waals surface area contributed by atoms with Crippen LogP contribution in [0.2, 0.25) is 0 Å². The Labute approximate surface area is 174 Å². The van der Waals surface area contributed by atoms with Crippen molar-refractivity contribution in [3.8, 4) is 11.4 Å². The molecule has 0 bridgehead atoms. The Hall–Kier alpha value is -3.06. The lowest BCUT2D eigenvalue weighted by Crippen LogP contribution is -2.41. The van der Waals surface area contributed by atoms with Crippen LogP contribution in [0.1, 0.15) is 43.6 Å². The molecule has 1 aromatic heterocycles. The lowest BCUT2D eigenvalue weighted by molar-refractivity contribution is -0.117. The maximum absolute atomic E-state index is 12.4. The van der Waals surface area contributed by atoms with Crippen LogP contribution in [0.15, 0.2) is 54.6 Å². The quantitative estimate of drug-likeness (QED) is 0.661. The molecule has 0 aliphatic rings. The molecular weight excluding hydrogens is 384 g/mol. The molecular formula is C22H24N4O2S. The van der Waals surface area contributed by atoms with Crippen LogP contribution in [0, 0.1) is 0 Å². The van der Waals surface area contributed by atoms with Gasteiger partial charge in [0.25, 0.3) is 5.91 Å². The molecule has 3 aromatic rings. The summed E-state index contributed by atoms with van der Waals surface area (Å²) in [6.07, 6.45) is 0. The van der Waals surface area contributed by atoms with E-state index < -0.39 is 6.04 Å². The van der Waals surface area contributed by atoms with Gasteiger partial charge in [0.2, 0.25) is 11.0 Å². The largest absolute Gasteiger partial charge is 0.341 e. The molecule has 1 unspecified atom stereocenters. The number of rotatable bonds is 5. The summed E-state index contributed by atoms with van der Waals surface area (Å²) in [5, 5.41) is 5.82. The van der Waals surface area contributed by atoms with Crippen LogP contribution in [-0.2, 0) is 10.2 Å². The first-order valence-electron chi connectivity index (χ1n) is 9.35. The van der Waals surface area contributed by atoms with Gasteiger partial charge in [-0.05, 0) is 30.0 Å². The second kappa shape index (κ2) is 8.53. The Morgan fingerprint density at radius 3 is 2.28 bits per heavy atom. The summed E-state index contributed by atoms with van der Waals surface area (Å²) in [5.41, 5.74) is 2.55. The molecule has 6 nitrogen and oxygen atoms in total. The summed E-state index contributed by atoms with van der Waals surface area (Å²) < 4.78 is 4.26. The highest BCUT2D eigenvalue weighted by Gasteiger charge is 2.19. The van der Waals surface area contributed by atoms with Crippen molar-refractivity contribution in [2.24, 2.45) is 0 Å². The first kappa shape index (κ1) is 20.7. The van der Waals surface area contributed by atoms with Crippen molar-refractivity contribution in [3.63, 3.8) is 0 Å². The number of nitrogens with one attached hydrogen (secondary N) is 2. The van der Waals surface area contributed by atoms with Gasteiger partial charge in [0.1, 0.15) is 6.04 Å². The second-order valence-corrected chi connectivity index (χ2v) is 8.55. The van der Waals surface area contributed by atoms with Crippen LogP contribution in [0.4, 0.5) is 5.13 Å². The molecule has 2 aromatic carbocycles. The van der Waals surface area contributed by atoms with Gasteiger partial charge < -0.3 is 5.32 Å². The van der Waals surface area contributed by atoms with Gasteiger partial charge >= 0.3 is 0 Å². The molecule has 0 saturated heterocycles. The van der Waals surface area contributed by atoms with E-state index in [-0.39, 0.29) is 17.2 Å². The zero-order valence-electron chi connectivity index (χ0n) is 16.9. The van der Waals surface area contributed by atoms with E-state index in [0.29, 0.717) is 16.5 Å². The van der Waals surface area contributed by atoms with Gasteiger partial charge in [0.05, 0.1) is 0 Å². The van der Waals surface area contributed by atoms with Gasteiger partial charge in [-0.1, -0.05) is 63.2 Å². The van der Waals surface area contributed by atoms with E-state index in [2.05, 4.69) is 40.8 Å². The number of anilines is 1. The fraction of sp³-hybridized carbons (Fsp3) is 0.273. The fourth-order valence-electron chi connectivity index (χ4n) is 2.66. The van der Waals surface area contributed by atoms with E-state index in [1.54, 1.807) is 19.1 Å². The number of aromatic nitrogens is 2. The van der Waals surface area contributed by atoms with Crippen LogP contribution in [0.5, 0.6) is 0 Å². The molecule has 0 aliphatic carbocycles. The standard InChI is InChI=1S/C22H24N4O2S/c1-14(23-20(28)16-10-12-17(13-11-16)22(2,3)4)19(27)25-21-24-18(26-29-21)15-8-6-5-7-9-15/h5-14H,1-4H3,(H,23,28)(H,24,25,26,27). The second-order valence-electron chi connectivity index (χ2n) is 7.80. The van der Waals surface area contributed by atoms with Gasteiger partial charge in [-0.25, -0.2) is 0 Å². The number of amides is 2. The van der Waals surface area contributed by atoms with Crippen LogP contribution in [0.3, 0.4) is 0 Å². The zero-order valence-corrected chi connectivity index (χ0v) is 17.7. The Kier molecular flexibility index (Phi) is 6.08. The van der Waals surface area contributed by atoms with E-state index in [0.717, 1.165) is 22.7 Å². The Morgan fingerprint density at radius 1 is 1.00 bits per heavy atom. The van der Waals surface area contributed by atoms with Crippen LogP contribution in [-0.4, -0.2) is 27.2 Å². The third-order valence-electron chi connectivity index (χ3n) is 4.44. The van der Waals surface area contributed by atoms with Gasteiger partial charge in [0.15, 0.2) is 5.82 Å². The van der Waals surface area contributed by atoms with Crippen molar-refractivity contribution in [1.82, 2.24) is 14.7 Å². The highest BCUT2D eigenvalue weighted by molar-refractivity contribution is 7.10. The molecule has 0 spiro atoms. The van der Waals surface area contributed by atoms with Crippen LogP contribution in [0.25, 0.3) is 11.4 Å². The molecule has 0 fully saturated rings. The summed E-state index contributed by atoms with van der Waals surface area (Å²) in [5.74, 6) is -0.0858. The van der Waals surface area contributed by atoms with Crippen molar-refractivity contribution in [3.05, 3.63) is 65.7 Å². The molecule has 1 heterocycles. The van der Waals surface area contributed by atoms with E-state index >= 15 is 0 Å². The molecule has 2 N–H and O–H groups in total.